The van der Waals surface area contributed by atoms with Crippen molar-refractivity contribution in [1.29, 1.82) is 0 Å². The molecule has 2 aromatic rings. The van der Waals surface area contributed by atoms with Gasteiger partial charge < -0.3 is 19.5 Å². The van der Waals surface area contributed by atoms with E-state index in [1.165, 1.54) is 11.3 Å². The maximum Gasteiger partial charge on any atom is 0.348 e. The van der Waals surface area contributed by atoms with Crippen LogP contribution in [-0.2, 0) is 9.53 Å². The second-order valence-electron chi connectivity index (χ2n) is 5.25. The molecule has 24 heavy (non-hydrogen) atoms. The maximum atomic E-state index is 11.9. The summed E-state index contributed by atoms with van der Waals surface area (Å²) in [4.78, 5) is 25.2. The van der Waals surface area contributed by atoms with Crippen molar-refractivity contribution in [3.63, 3.8) is 0 Å². The summed E-state index contributed by atoms with van der Waals surface area (Å²) in [5, 5.41) is 2.68. The normalized spacial score (nSPS) is 13.0. The summed E-state index contributed by atoms with van der Waals surface area (Å²) in [5.74, 6) is 0.342. The lowest BCUT2D eigenvalue weighted by atomic mass is 10.2. The molecular formula is C17H17NO5S. The van der Waals surface area contributed by atoms with Crippen molar-refractivity contribution in [3.8, 4) is 11.5 Å². The van der Waals surface area contributed by atoms with Crippen LogP contribution in [0.4, 0.5) is 5.69 Å². The zero-order valence-electron chi connectivity index (χ0n) is 13.2. The van der Waals surface area contributed by atoms with E-state index in [0.29, 0.717) is 35.3 Å². The molecule has 0 unspecified atom stereocenters. The molecule has 0 saturated heterocycles. The fourth-order valence-electron chi connectivity index (χ4n) is 2.18. The van der Waals surface area contributed by atoms with Gasteiger partial charge >= 0.3 is 5.97 Å². The highest BCUT2D eigenvalue weighted by Crippen LogP contribution is 2.32. The molecule has 0 aliphatic carbocycles. The second kappa shape index (κ2) is 7.35. The smallest absolute Gasteiger partial charge is 0.348 e. The van der Waals surface area contributed by atoms with Gasteiger partial charge in [-0.1, -0.05) is 0 Å². The van der Waals surface area contributed by atoms with Crippen LogP contribution in [0.3, 0.4) is 0 Å². The number of thiophene rings is 1. The number of anilines is 1. The number of hydrogen-bond acceptors (Lipinski definition) is 6. The van der Waals surface area contributed by atoms with Crippen LogP contribution in [0.5, 0.6) is 11.5 Å². The van der Waals surface area contributed by atoms with Crippen molar-refractivity contribution in [1.82, 2.24) is 0 Å². The van der Waals surface area contributed by atoms with E-state index < -0.39 is 11.9 Å². The third kappa shape index (κ3) is 4.05. The number of carbonyl (C=O) groups excluding carboxylic acids is 2. The van der Waals surface area contributed by atoms with E-state index in [2.05, 4.69) is 5.32 Å². The lowest BCUT2D eigenvalue weighted by Gasteiger charge is -2.10. The molecule has 1 N–H and O–H groups in total. The Bertz CT molecular complexity index is 755. The van der Waals surface area contributed by atoms with E-state index in [-0.39, 0.29) is 6.61 Å². The highest BCUT2D eigenvalue weighted by Gasteiger charge is 2.14. The van der Waals surface area contributed by atoms with E-state index >= 15 is 0 Å². The molecule has 1 amide bonds. The Labute approximate surface area is 143 Å². The molecule has 0 atom stereocenters. The Morgan fingerprint density at radius 1 is 1.17 bits per heavy atom. The number of amides is 1. The fraction of sp³-hybridized carbons (Fsp3) is 0.294. The van der Waals surface area contributed by atoms with E-state index in [9.17, 15) is 9.59 Å². The third-order valence-corrected chi connectivity index (χ3v) is 4.29. The van der Waals surface area contributed by atoms with Crippen LogP contribution in [0, 0.1) is 6.92 Å². The van der Waals surface area contributed by atoms with E-state index in [1.807, 2.05) is 13.0 Å². The first-order chi connectivity index (χ1) is 11.6. The molecule has 7 heteroatoms. The molecule has 1 aliphatic rings. The minimum absolute atomic E-state index is 0.343. The van der Waals surface area contributed by atoms with Crippen LogP contribution < -0.4 is 14.8 Å². The van der Waals surface area contributed by atoms with Crippen molar-refractivity contribution in [3.05, 3.63) is 40.1 Å². The van der Waals surface area contributed by atoms with Crippen molar-refractivity contribution >= 4 is 28.9 Å². The Kier molecular flexibility index (Phi) is 5.00. The minimum Gasteiger partial charge on any atom is -0.490 e. The van der Waals surface area contributed by atoms with Crippen molar-refractivity contribution in [2.45, 2.75) is 13.3 Å². The largest absolute Gasteiger partial charge is 0.490 e. The van der Waals surface area contributed by atoms with Crippen LogP contribution in [0.15, 0.2) is 30.3 Å². The predicted octanol–water partition coefficient (Wildman–Crippen LogP) is 3.01. The van der Waals surface area contributed by atoms with Crippen molar-refractivity contribution in [2.75, 3.05) is 25.1 Å². The highest BCUT2D eigenvalue weighted by atomic mass is 32.1. The summed E-state index contributed by atoms with van der Waals surface area (Å²) < 4.78 is 16.1. The number of rotatable bonds is 4. The van der Waals surface area contributed by atoms with Gasteiger partial charge in [-0.2, -0.15) is 0 Å². The van der Waals surface area contributed by atoms with E-state index in [4.69, 9.17) is 14.2 Å². The number of hydrogen-bond donors (Lipinski definition) is 1. The number of ether oxygens (including phenoxy) is 3. The van der Waals surface area contributed by atoms with Crippen molar-refractivity contribution < 1.29 is 23.8 Å². The van der Waals surface area contributed by atoms with Crippen LogP contribution in [0.1, 0.15) is 21.0 Å². The average molecular weight is 347 g/mol. The number of benzene rings is 1. The molecular weight excluding hydrogens is 330 g/mol. The van der Waals surface area contributed by atoms with Gasteiger partial charge in [-0.3, -0.25) is 4.79 Å². The molecule has 0 spiro atoms. The molecule has 2 heterocycles. The monoisotopic (exact) mass is 347 g/mol. The van der Waals surface area contributed by atoms with Gasteiger partial charge in [0, 0.05) is 23.1 Å². The van der Waals surface area contributed by atoms with Crippen molar-refractivity contribution in [2.24, 2.45) is 0 Å². The number of esters is 1. The van der Waals surface area contributed by atoms with E-state index in [1.54, 1.807) is 24.3 Å². The van der Waals surface area contributed by atoms with Gasteiger partial charge in [0.2, 0.25) is 0 Å². The lowest BCUT2D eigenvalue weighted by Crippen LogP contribution is -2.20. The summed E-state index contributed by atoms with van der Waals surface area (Å²) in [6.07, 6.45) is 0.814. The lowest BCUT2D eigenvalue weighted by molar-refractivity contribution is -0.119. The molecule has 1 aromatic carbocycles. The topological polar surface area (TPSA) is 73.9 Å². The van der Waals surface area contributed by atoms with Crippen LogP contribution in [-0.4, -0.2) is 31.7 Å². The first-order valence-corrected chi connectivity index (χ1v) is 8.36. The molecule has 126 valence electrons. The molecule has 0 fully saturated rings. The first kappa shape index (κ1) is 16.3. The molecule has 1 aliphatic heterocycles. The summed E-state index contributed by atoms with van der Waals surface area (Å²) in [6, 6.07) is 8.68. The van der Waals surface area contributed by atoms with Gasteiger partial charge in [-0.25, -0.2) is 4.79 Å². The van der Waals surface area contributed by atoms with Gasteiger partial charge in [0.15, 0.2) is 18.1 Å². The summed E-state index contributed by atoms with van der Waals surface area (Å²) in [6.45, 7) is 2.74. The number of carbonyl (C=O) groups is 2. The number of aryl methyl sites for hydroxylation is 1. The molecule has 3 rings (SSSR count). The summed E-state index contributed by atoms with van der Waals surface area (Å²) >= 11 is 1.33. The van der Waals surface area contributed by atoms with Crippen LogP contribution >= 0.6 is 11.3 Å². The average Bonchev–Trinajstić information content (AvgIpc) is 2.87. The molecule has 0 bridgehead atoms. The quantitative estimate of drug-likeness (QED) is 0.861. The Hall–Kier alpha value is -2.54. The molecule has 0 radical (unpaired) electrons. The second-order valence-corrected chi connectivity index (χ2v) is 6.53. The van der Waals surface area contributed by atoms with Gasteiger partial charge in [0.1, 0.15) is 4.88 Å². The van der Waals surface area contributed by atoms with Crippen LogP contribution in [0.2, 0.25) is 0 Å². The van der Waals surface area contributed by atoms with E-state index in [0.717, 1.165) is 11.3 Å². The fourth-order valence-corrected chi connectivity index (χ4v) is 2.95. The molecule has 6 nitrogen and oxygen atoms in total. The van der Waals surface area contributed by atoms with Gasteiger partial charge in [-0.05, 0) is 31.2 Å². The Morgan fingerprint density at radius 2 is 1.96 bits per heavy atom. The summed E-state index contributed by atoms with van der Waals surface area (Å²) in [5.41, 5.74) is 0.562. The summed E-state index contributed by atoms with van der Waals surface area (Å²) in [7, 11) is 0. The maximum absolute atomic E-state index is 11.9. The SMILES string of the molecule is Cc1ccc(C(=O)OCC(=O)Nc2ccc3c(c2)OCCCO3)s1. The first-order valence-electron chi connectivity index (χ1n) is 7.55. The zero-order valence-corrected chi connectivity index (χ0v) is 14.0. The van der Waals surface area contributed by atoms with Gasteiger partial charge in [0.25, 0.3) is 5.91 Å². The van der Waals surface area contributed by atoms with Crippen LogP contribution in [0.25, 0.3) is 0 Å². The number of nitrogens with one attached hydrogen (secondary N) is 1. The molecule has 0 saturated carbocycles. The third-order valence-electron chi connectivity index (χ3n) is 3.31. The molecule has 1 aromatic heterocycles. The highest BCUT2D eigenvalue weighted by molar-refractivity contribution is 7.13. The van der Waals surface area contributed by atoms with Gasteiger partial charge in [-0.15, -0.1) is 11.3 Å². The Balaban J connectivity index is 1.55. The minimum atomic E-state index is -0.498. The zero-order chi connectivity index (χ0) is 16.9. The van der Waals surface area contributed by atoms with Gasteiger partial charge in [0.05, 0.1) is 13.2 Å². The standard InChI is InChI=1S/C17H17NO5S/c1-11-3-6-15(24-11)17(20)23-10-16(19)18-12-4-5-13-14(9-12)22-8-2-7-21-13/h3-6,9H,2,7-8,10H2,1H3,(H,18,19). The number of fused-ring (bicyclic) bond motifs is 1. The Morgan fingerprint density at radius 3 is 2.71 bits per heavy atom. The predicted molar refractivity (Wildman–Crippen MR) is 90.0 cm³/mol.